The normalized spacial score (nSPS) is 16.3. The third-order valence-electron chi connectivity index (χ3n) is 7.29. The molecule has 1 heterocycles. The number of fused-ring (bicyclic) bond motifs is 1. The number of carbonyl (C=O) groups excluding carboxylic acids is 1. The van der Waals surface area contributed by atoms with Crippen LogP contribution in [0.4, 0.5) is 5.69 Å². The largest absolute Gasteiger partial charge is 0.493 e. The van der Waals surface area contributed by atoms with Gasteiger partial charge in [-0.05, 0) is 35.2 Å². The highest BCUT2D eigenvalue weighted by Gasteiger charge is 2.60. The molecule has 182 valence electrons. The molecule has 1 N–H and O–H groups in total. The highest BCUT2D eigenvalue weighted by atomic mass is 35.5. The number of azo groups is 1. The number of aromatic hydroxyl groups is 1. The van der Waals surface area contributed by atoms with Crippen molar-refractivity contribution in [2.75, 3.05) is 0 Å². The molecule has 0 radical (unpaired) electrons. The highest BCUT2D eigenvalue weighted by Crippen LogP contribution is 2.59. The summed E-state index contributed by atoms with van der Waals surface area (Å²) in [4.78, 5) is 13.4. The first-order valence-corrected chi connectivity index (χ1v) is 12.6. The van der Waals surface area contributed by atoms with Crippen molar-refractivity contribution in [1.29, 1.82) is 0 Å². The van der Waals surface area contributed by atoms with Gasteiger partial charge in [0.1, 0.15) is 0 Å². The van der Waals surface area contributed by atoms with Crippen LogP contribution in [0, 0.1) is 5.92 Å². The van der Waals surface area contributed by atoms with Crippen LogP contribution in [0.2, 0.25) is 5.02 Å². The summed E-state index contributed by atoms with van der Waals surface area (Å²) in [6, 6.07) is 35.2. The molecule has 1 unspecified atom stereocenters. The lowest BCUT2D eigenvalue weighted by molar-refractivity contribution is -0.119. The molecule has 5 nitrogen and oxygen atoms in total. The van der Waals surface area contributed by atoms with Crippen molar-refractivity contribution in [3.8, 4) is 5.88 Å². The van der Waals surface area contributed by atoms with Crippen LogP contribution in [0.3, 0.4) is 0 Å². The summed E-state index contributed by atoms with van der Waals surface area (Å²) in [6.07, 6.45) is 0.666. The number of hydrogen-bond donors (Lipinski definition) is 1. The third kappa shape index (κ3) is 4.02. The van der Waals surface area contributed by atoms with E-state index in [-0.39, 0.29) is 23.4 Å². The number of aromatic nitrogens is 1. The van der Waals surface area contributed by atoms with Gasteiger partial charge < -0.3 is 9.67 Å². The summed E-state index contributed by atoms with van der Waals surface area (Å²) in [5.41, 5.74) is 3.70. The van der Waals surface area contributed by atoms with Crippen LogP contribution in [-0.4, -0.2) is 15.6 Å². The van der Waals surface area contributed by atoms with Crippen molar-refractivity contribution in [1.82, 2.24) is 4.57 Å². The molecule has 4 aromatic carbocycles. The maximum atomic E-state index is 13.4. The van der Waals surface area contributed by atoms with Gasteiger partial charge in [0.2, 0.25) is 5.88 Å². The molecule has 1 fully saturated rings. The van der Waals surface area contributed by atoms with E-state index in [1.807, 2.05) is 84.9 Å². The Kier molecular flexibility index (Phi) is 5.85. The minimum absolute atomic E-state index is 0.0501. The molecule has 1 aliphatic rings. The molecule has 1 aromatic heterocycles. The predicted octanol–water partition coefficient (Wildman–Crippen LogP) is 7.67. The van der Waals surface area contributed by atoms with Crippen molar-refractivity contribution in [3.63, 3.8) is 0 Å². The average molecular weight is 506 g/mol. The van der Waals surface area contributed by atoms with E-state index in [0.29, 0.717) is 18.0 Å². The van der Waals surface area contributed by atoms with Gasteiger partial charge in [-0.3, -0.25) is 4.79 Å². The number of rotatable bonds is 6. The number of amides is 1. The van der Waals surface area contributed by atoms with Gasteiger partial charge >= 0.3 is 0 Å². The Morgan fingerprint density at radius 2 is 1.46 bits per heavy atom. The van der Waals surface area contributed by atoms with E-state index < -0.39 is 5.41 Å². The number of hydrogen-bond acceptors (Lipinski definition) is 3. The van der Waals surface area contributed by atoms with Gasteiger partial charge in [0.25, 0.3) is 5.91 Å². The highest BCUT2D eigenvalue weighted by molar-refractivity contribution is 6.31. The molecule has 0 bridgehead atoms. The van der Waals surface area contributed by atoms with Crippen LogP contribution >= 0.6 is 11.6 Å². The SMILES string of the molecule is O=C(N=Nc1c(O)n(Cc2ccccc2Cl)c2ccccc12)C1CC1(c1ccccc1)c1ccccc1. The van der Waals surface area contributed by atoms with Crippen molar-refractivity contribution in [3.05, 3.63) is 131 Å². The molecular formula is C31H24ClN3O2. The van der Waals surface area contributed by atoms with Crippen molar-refractivity contribution >= 4 is 34.1 Å². The monoisotopic (exact) mass is 505 g/mol. The Balaban J connectivity index is 1.34. The minimum atomic E-state index is -0.418. The number of para-hydroxylation sites is 1. The summed E-state index contributed by atoms with van der Waals surface area (Å²) in [5, 5.41) is 20.9. The lowest BCUT2D eigenvalue weighted by Gasteiger charge is -2.17. The Labute approximate surface area is 219 Å². The Morgan fingerprint density at radius 3 is 2.14 bits per heavy atom. The lowest BCUT2D eigenvalue weighted by Crippen LogP contribution is -2.16. The van der Waals surface area contributed by atoms with Crippen LogP contribution in [0.15, 0.2) is 119 Å². The fourth-order valence-corrected chi connectivity index (χ4v) is 5.53. The first-order chi connectivity index (χ1) is 18.1. The quantitative estimate of drug-likeness (QED) is 0.241. The first kappa shape index (κ1) is 23.2. The molecular weight excluding hydrogens is 482 g/mol. The van der Waals surface area contributed by atoms with Crippen LogP contribution in [-0.2, 0) is 16.8 Å². The smallest absolute Gasteiger partial charge is 0.269 e. The zero-order valence-corrected chi connectivity index (χ0v) is 20.7. The molecule has 5 aromatic rings. The maximum Gasteiger partial charge on any atom is 0.269 e. The van der Waals surface area contributed by atoms with Crippen LogP contribution in [0.25, 0.3) is 10.9 Å². The number of carbonyl (C=O) groups is 1. The maximum absolute atomic E-state index is 13.4. The van der Waals surface area contributed by atoms with Gasteiger partial charge in [0, 0.05) is 15.8 Å². The Bertz CT molecular complexity index is 1590. The van der Waals surface area contributed by atoms with Gasteiger partial charge in [0.05, 0.1) is 18.0 Å². The predicted molar refractivity (Wildman–Crippen MR) is 145 cm³/mol. The van der Waals surface area contributed by atoms with Gasteiger partial charge in [-0.25, -0.2) is 0 Å². The minimum Gasteiger partial charge on any atom is -0.493 e. The summed E-state index contributed by atoms with van der Waals surface area (Å²) >= 11 is 6.38. The molecule has 6 heteroatoms. The number of halogens is 1. The average Bonchev–Trinajstić information content (AvgIpc) is 3.65. The van der Waals surface area contributed by atoms with E-state index in [2.05, 4.69) is 34.5 Å². The summed E-state index contributed by atoms with van der Waals surface area (Å²) in [6.45, 7) is 0.364. The number of benzene rings is 4. The van der Waals surface area contributed by atoms with Crippen molar-refractivity contribution in [2.24, 2.45) is 16.1 Å². The van der Waals surface area contributed by atoms with E-state index in [1.165, 1.54) is 0 Å². The summed E-state index contributed by atoms with van der Waals surface area (Å²) in [5.74, 6) is -0.666. The van der Waals surface area contributed by atoms with Crippen LogP contribution in [0.1, 0.15) is 23.1 Å². The lowest BCUT2D eigenvalue weighted by atomic mass is 9.85. The molecule has 1 saturated carbocycles. The van der Waals surface area contributed by atoms with E-state index in [0.717, 1.165) is 27.6 Å². The van der Waals surface area contributed by atoms with Gasteiger partial charge in [0.15, 0.2) is 5.69 Å². The Hall–Kier alpha value is -4.22. The topological polar surface area (TPSA) is 66.9 Å². The second kappa shape index (κ2) is 9.34. The van der Waals surface area contributed by atoms with Gasteiger partial charge in [-0.15, -0.1) is 10.2 Å². The standard InChI is InChI=1S/C31H24ClN3O2/c32-26-17-9-7-11-21(26)20-35-27-18-10-8-16-24(27)28(30(35)37)33-34-29(36)25-19-31(25,22-12-3-1-4-13-22)23-14-5-2-6-15-23/h1-18,25,37H,19-20H2. The molecule has 1 atom stereocenters. The van der Waals surface area contributed by atoms with Crippen molar-refractivity contribution < 1.29 is 9.90 Å². The molecule has 0 saturated heterocycles. The fraction of sp³-hybridized carbons (Fsp3) is 0.129. The van der Waals surface area contributed by atoms with E-state index in [4.69, 9.17) is 11.6 Å². The van der Waals surface area contributed by atoms with Crippen LogP contribution < -0.4 is 0 Å². The summed E-state index contributed by atoms with van der Waals surface area (Å²) < 4.78 is 1.74. The third-order valence-corrected chi connectivity index (χ3v) is 7.66. The number of nitrogens with zero attached hydrogens (tertiary/aromatic N) is 3. The zero-order valence-electron chi connectivity index (χ0n) is 20.0. The Morgan fingerprint density at radius 1 is 0.865 bits per heavy atom. The van der Waals surface area contributed by atoms with Gasteiger partial charge in [-0.1, -0.05) is 109 Å². The van der Waals surface area contributed by atoms with Crippen molar-refractivity contribution in [2.45, 2.75) is 18.4 Å². The van der Waals surface area contributed by atoms with E-state index >= 15 is 0 Å². The summed E-state index contributed by atoms with van der Waals surface area (Å²) in [7, 11) is 0. The first-order valence-electron chi connectivity index (χ1n) is 12.2. The molecule has 1 amide bonds. The second-order valence-corrected chi connectivity index (χ2v) is 9.77. The molecule has 0 spiro atoms. The second-order valence-electron chi connectivity index (χ2n) is 9.37. The molecule has 0 aliphatic heterocycles. The molecule has 1 aliphatic carbocycles. The fourth-order valence-electron chi connectivity index (χ4n) is 5.33. The molecule has 6 rings (SSSR count). The zero-order chi connectivity index (χ0) is 25.4. The van der Waals surface area contributed by atoms with E-state index in [1.54, 1.807) is 4.57 Å². The van der Waals surface area contributed by atoms with Crippen LogP contribution in [0.5, 0.6) is 5.88 Å². The van der Waals surface area contributed by atoms with E-state index in [9.17, 15) is 9.90 Å². The molecule has 37 heavy (non-hydrogen) atoms. The van der Waals surface area contributed by atoms with Gasteiger partial charge in [-0.2, -0.15) is 0 Å².